The van der Waals surface area contributed by atoms with Crippen molar-refractivity contribution in [3.05, 3.63) is 23.0 Å². The van der Waals surface area contributed by atoms with Gasteiger partial charge >= 0.3 is 0 Å². The molecule has 4 bridgehead atoms. The van der Waals surface area contributed by atoms with E-state index in [9.17, 15) is 0 Å². The fraction of sp³-hybridized carbons (Fsp3) is 0.778. The molecule has 110 valence electrons. The third-order valence-corrected chi connectivity index (χ3v) is 6.71. The van der Waals surface area contributed by atoms with E-state index in [0.717, 1.165) is 29.6 Å². The lowest BCUT2D eigenvalue weighted by Gasteiger charge is -2.54. The van der Waals surface area contributed by atoms with Gasteiger partial charge in [0.15, 0.2) is 0 Å². The van der Waals surface area contributed by atoms with Gasteiger partial charge in [-0.1, -0.05) is 0 Å². The Morgan fingerprint density at radius 1 is 1.05 bits per heavy atom. The summed E-state index contributed by atoms with van der Waals surface area (Å²) >= 11 is 0. The van der Waals surface area contributed by atoms with Gasteiger partial charge in [0.05, 0.1) is 0 Å². The molecule has 2 N–H and O–H groups in total. The predicted octanol–water partition coefficient (Wildman–Crippen LogP) is 3.64. The highest BCUT2D eigenvalue weighted by atomic mass is 15.0. The molecule has 0 unspecified atom stereocenters. The summed E-state index contributed by atoms with van der Waals surface area (Å²) in [6.45, 7) is 6.45. The van der Waals surface area contributed by atoms with Crippen LogP contribution in [0.25, 0.3) is 0 Å². The molecule has 1 heterocycles. The number of nitrogens with two attached hydrogens (primary N) is 1. The largest absolute Gasteiger partial charge is 0.349 e. The van der Waals surface area contributed by atoms with Crippen LogP contribution in [-0.2, 0) is 13.1 Å². The molecule has 5 rings (SSSR count). The van der Waals surface area contributed by atoms with E-state index in [2.05, 4.69) is 24.5 Å². The van der Waals surface area contributed by atoms with Crippen LogP contribution < -0.4 is 5.73 Å². The SMILES string of the molecule is Cc1cc(CN)c(C)n1CC1C2CC3CC(C2)CC1C3. The average molecular weight is 272 g/mol. The van der Waals surface area contributed by atoms with Crippen molar-refractivity contribution in [2.24, 2.45) is 35.3 Å². The lowest BCUT2D eigenvalue weighted by molar-refractivity contribution is -0.0433. The van der Waals surface area contributed by atoms with Gasteiger partial charge in [0.2, 0.25) is 0 Å². The van der Waals surface area contributed by atoms with Crippen LogP contribution in [-0.4, -0.2) is 4.57 Å². The van der Waals surface area contributed by atoms with E-state index in [4.69, 9.17) is 5.73 Å². The lowest BCUT2D eigenvalue weighted by Crippen LogP contribution is -2.46. The van der Waals surface area contributed by atoms with Crippen LogP contribution in [0.15, 0.2) is 6.07 Å². The number of nitrogens with zero attached hydrogens (tertiary/aromatic N) is 1. The summed E-state index contributed by atoms with van der Waals surface area (Å²) < 4.78 is 2.56. The van der Waals surface area contributed by atoms with Crippen molar-refractivity contribution in [2.45, 2.75) is 59.0 Å². The zero-order chi connectivity index (χ0) is 13.9. The number of rotatable bonds is 3. The van der Waals surface area contributed by atoms with Crippen molar-refractivity contribution in [2.75, 3.05) is 0 Å². The van der Waals surface area contributed by atoms with E-state index in [1.807, 2.05) is 0 Å². The van der Waals surface area contributed by atoms with Crippen LogP contribution in [0.2, 0.25) is 0 Å². The zero-order valence-corrected chi connectivity index (χ0v) is 12.9. The number of aryl methyl sites for hydroxylation is 1. The molecule has 1 aromatic heterocycles. The van der Waals surface area contributed by atoms with E-state index in [0.29, 0.717) is 6.54 Å². The Bertz CT molecular complexity index is 486. The molecule has 2 heteroatoms. The van der Waals surface area contributed by atoms with Crippen LogP contribution >= 0.6 is 0 Å². The Kier molecular flexibility index (Phi) is 2.99. The van der Waals surface area contributed by atoms with Gasteiger partial charge in [0.25, 0.3) is 0 Å². The fourth-order valence-corrected chi connectivity index (χ4v) is 5.91. The summed E-state index contributed by atoms with van der Waals surface area (Å²) in [5, 5.41) is 0. The maximum atomic E-state index is 5.87. The molecule has 0 aliphatic heterocycles. The maximum Gasteiger partial charge on any atom is 0.0258 e. The summed E-state index contributed by atoms with van der Waals surface area (Å²) in [6.07, 6.45) is 7.67. The molecule has 4 saturated carbocycles. The molecule has 0 spiro atoms. The first-order valence-electron chi connectivity index (χ1n) is 8.51. The average Bonchev–Trinajstić information content (AvgIpc) is 2.68. The molecule has 4 aliphatic carbocycles. The summed E-state index contributed by atoms with van der Waals surface area (Å²) in [6, 6.07) is 2.30. The quantitative estimate of drug-likeness (QED) is 0.895. The normalized spacial score (nSPS) is 38.6. The van der Waals surface area contributed by atoms with Crippen molar-refractivity contribution in [1.29, 1.82) is 0 Å². The van der Waals surface area contributed by atoms with E-state index in [1.165, 1.54) is 49.2 Å². The topological polar surface area (TPSA) is 30.9 Å². The molecular weight excluding hydrogens is 244 g/mol. The van der Waals surface area contributed by atoms with Gasteiger partial charge < -0.3 is 10.3 Å². The first kappa shape index (κ1) is 12.9. The van der Waals surface area contributed by atoms with Crippen LogP contribution in [0.5, 0.6) is 0 Å². The van der Waals surface area contributed by atoms with Gasteiger partial charge in [-0.25, -0.2) is 0 Å². The standard InChI is InChI=1S/C18H28N2/c1-11-3-17(9-19)12(2)20(11)10-18-15-5-13-4-14(7-15)8-16(18)6-13/h3,13-16,18H,4-10,19H2,1-2H3. The van der Waals surface area contributed by atoms with E-state index < -0.39 is 0 Å². The van der Waals surface area contributed by atoms with Gasteiger partial charge in [-0.2, -0.15) is 0 Å². The van der Waals surface area contributed by atoms with E-state index >= 15 is 0 Å². The molecule has 4 fully saturated rings. The monoisotopic (exact) mass is 272 g/mol. The van der Waals surface area contributed by atoms with Crippen LogP contribution in [0.1, 0.15) is 49.1 Å². The molecule has 0 aromatic carbocycles. The Morgan fingerprint density at radius 3 is 2.15 bits per heavy atom. The second-order valence-electron chi connectivity index (χ2n) is 7.81. The highest BCUT2D eigenvalue weighted by Crippen LogP contribution is 2.57. The second kappa shape index (κ2) is 4.62. The summed E-state index contributed by atoms with van der Waals surface area (Å²) in [5.74, 6) is 5.15. The summed E-state index contributed by atoms with van der Waals surface area (Å²) in [7, 11) is 0. The smallest absolute Gasteiger partial charge is 0.0258 e. The number of hydrogen-bond acceptors (Lipinski definition) is 1. The van der Waals surface area contributed by atoms with Gasteiger partial charge in [-0.3, -0.25) is 0 Å². The molecule has 20 heavy (non-hydrogen) atoms. The van der Waals surface area contributed by atoms with Gasteiger partial charge in [-0.15, -0.1) is 0 Å². The molecule has 0 amide bonds. The molecule has 1 aromatic rings. The van der Waals surface area contributed by atoms with Gasteiger partial charge in [0, 0.05) is 24.5 Å². The minimum Gasteiger partial charge on any atom is -0.349 e. The maximum absolute atomic E-state index is 5.87. The van der Waals surface area contributed by atoms with Gasteiger partial charge in [0.1, 0.15) is 0 Å². The molecular formula is C18H28N2. The van der Waals surface area contributed by atoms with Crippen molar-refractivity contribution in [3.8, 4) is 0 Å². The first-order chi connectivity index (χ1) is 9.65. The van der Waals surface area contributed by atoms with Crippen LogP contribution in [0.4, 0.5) is 0 Å². The lowest BCUT2D eigenvalue weighted by atomic mass is 9.52. The number of aromatic nitrogens is 1. The molecule has 0 atom stereocenters. The Hall–Kier alpha value is -0.760. The highest BCUT2D eigenvalue weighted by Gasteiger charge is 2.48. The predicted molar refractivity (Wildman–Crippen MR) is 82.3 cm³/mol. The Labute approximate surface area is 122 Å². The third kappa shape index (κ3) is 1.88. The van der Waals surface area contributed by atoms with Crippen molar-refractivity contribution in [3.63, 3.8) is 0 Å². The second-order valence-corrected chi connectivity index (χ2v) is 7.81. The molecule has 2 nitrogen and oxygen atoms in total. The van der Waals surface area contributed by atoms with Crippen molar-refractivity contribution >= 4 is 0 Å². The van der Waals surface area contributed by atoms with E-state index in [-0.39, 0.29) is 0 Å². The zero-order valence-electron chi connectivity index (χ0n) is 12.9. The first-order valence-corrected chi connectivity index (χ1v) is 8.51. The van der Waals surface area contributed by atoms with Crippen LogP contribution in [0, 0.1) is 43.4 Å². The van der Waals surface area contributed by atoms with E-state index in [1.54, 1.807) is 6.42 Å². The van der Waals surface area contributed by atoms with Crippen molar-refractivity contribution < 1.29 is 0 Å². The Balaban J connectivity index is 1.59. The molecule has 4 aliphatic rings. The summed E-state index contributed by atoms with van der Waals surface area (Å²) in [5.41, 5.74) is 10.0. The minimum atomic E-state index is 0.682. The fourth-order valence-electron chi connectivity index (χ4n) is 5.91. The highest BCUT2D eigenvalue weighted by molar-refractivity contribution is 5.26. The third-order valence-electron chi connectivity index (χ3n) is 6.71. The van der Waals surface area contributed by atoms with Crippen LogP contribution in [0.3, 0.4) is 0 Å². The molecule has 0 saturated heterocycles. The van der Waals surface area contributed by atoms with Crippen molar-refractivity contribution in [1.82, 2.24) is 4.57 Å². The minimum absolute atomic E-state index is 0.682. The Morgan fingerprint density at radius 2 is 1.65 bits per heavy atom. The number of hydrogen-bond donors (Lipinski definition) is 1. The van der Waals surface area contributed by atoms with Gasteiger partial charge in [-0.05, 0) is 87.2 Å². The molecule has 0 radical (unpaired) electrons. The summed E-state index contributed by atoms with van der Waals surface area (Å²) in [4.78, 5) is 0.